The lowest BCUT2D eigenvalue weighted by atomic mass is 9.82. The molecule has 0 saturated heterocycles. The van der Waals surface area contributed by atoms with Crippen LogP contribution in [0.15, 0.2) is 245 Å². The highest BCUT2D eigenvalue weighted by Gasteiger charge is 2.36. The lowest BCUT2D eigenvalue weighted by Crippen LogP contribution is -2.16. The van der Waals surface area contributed by atoms with Gasteiger partial charge in [-0.1, -0.05) is 178 Å². The molecule has 12 aromatic carbocycles. The van der Waals surface area contributed by atoms with Crippen molar-refractivity contribution in [1.29, 1.82) is 0 Å². The van der Waals surface area contributed by atoms with Gasteiger partial charge in [-0.2, -0.15) is 0 Å². The SMILES string of the molecule is CC1(C)c2ccccc2-c2ccc(N(c3ccc(-c4ccccc4)cc3)c3ccc(-c4cc(-c5ccc6c7ccccc7c7ccccc7c6c5)c5oc6ccc7oc8ccccc8c7c6c5c4)cc3)cc21. The number of nitrogens with zero attached hydrogens (tertiary/aromatic N) is 1. The van der Waals surface area contributed by atoms with E-state index in [4.69, 9.17) is 8.83 Å². The molecule has 3 heteroatoms. The summed E-state index contributed by atoms with van der Waals surface area (Å²) in [6.07, 6.45) is 0. The zero-order valence-corrected chi connectivity index (χ0v) is 39.8. The number of anilines is 3. The highest BCUT2D eigenvalue weighted by Crippen LogP contribution is 2.51. The summed E-state index contributed by atoms with van der Waals surface area (Å²) < 4.78 is 13.5. The Morgan fingerprint density at radius 1 is 0.292 bits per heavy atom. The average molecular weight is 920 g/mol. The zero-order valence-electron chi connectivity index (χ0n) is 39.8. The molecule has 1 aliphatic rings. The van der Waals surface area contributed by atoms with E-state index in [0.29, 0.717) is 0 Å². The van der Waals surface area contributed by atoms with Crippen LogP contribution in [0.25, 0.3) is 121 Å². The third-order valence-corrected chi connectivity index (χ3v) is 15.6. The molecule has 0 spiro atoms. The molecule has 14 aromatic rings. The number of fused-ring (bicyclic) bond motifs is 16. The molecule has 0 atom stereocenters. The van der Waals surface area contributed by atoms with Gasteiger partial charge in [0.25, 0.3) is 0 Å². The predicted octanol–water partition coefficient (Wildman–Crippen LogP) is 19.7. The Hall–Kier alpha value is -9.18. The third-order valence-electron chi connectivity index (χ3n) is 15.6. The van der Waals surface area contributed by atoms with E-state index >= 15 is 0 Å². The van der Waals surface area contributed by atoms with Gasteiger partial charge in [0, 0.05) is 49.6 Å². The van der Waals surface area contributed by atoms with Crippen LogP contribution >= 0.6 is 0 Å². The van der Waals surface area contributed by atoms with Gasteiger partial charge in [0.15, 0.2) is 0 Å². The van der Waals surface area contributed by atoms with Crippen LogP contribution in [0.2, 0.25) is 0 Å². The van der Waals surface area contributed by atoms with Crippen molar-refractivity contribution in [1.82, 2.24) is 0 Å². The molecule has 0 fully saturated rings. The van der Waals surface area contributed by atoms with Crippen molar-refractivity contribution in [2.45, 2.75) is 19.3 Å². The molecule has 0 saturated carbocycles. The lowest BCUT2D eigenvalue weighted by Gasteiger charge is -2.28. The Kier molecular flexibility index (Phi) is 8.71. The van der Waals surface area contributed by atoms with Crippen LogP contribution in [-0.2, 0) is 5.41 Å². The van der Waals surface area contributed by atoms with E-state index in [1.165, 1.54) is 65.7 Å². The summed E-state index contributed by atoms with van der Waals surface area (Å²) in [5, 5.41) is 11.8. The lowest BCUT2D eigenvalue weighted by molar-refractivity contribution is 0.660. The molecule has 338 valence electrons. The first-order chi connectivity index (χ1) is 35.4. The van der Waals surface area contributed by atoms with E-state index in [1.807, 2.05) is 6.07 Å². The smallest absolute Gasteiger partial charge is 0.143 e. The maximum atomic E-state index is 7.03. The van der Waals surface area contributed by atoms with Crippen LogP contribution in [0.1, 0.15) is 25.0 Å². The summed E-state index contributed by atoms with van der Waals surface area (Å²) >= 11 is 0. The highest BCUT2D eigenvalue weighted by atomic mass is 16.3. The summed E-state index contributed by atoms with van der Waals surface area (Å²) in [5.41, 5.74) is 18.7. The van der Waals surface area contributed by atoms with Crippen molar-refractivity contribution in [3.8, 4) is 44.5 Å². The number of rotatable bonds is 6. The topological polar surface area (TPSA) is 29.5 Å². The molecule has 0 bridgehead atoms. The zero-order chi connectivity index (χ0) is 47.7. The van der Waals surface area contributed by atoms with Crippen molar-refractivity contribution in [2.24, 2.45) is 0 Å². The minimum atomic E-state index is -0.136. The van der Waals surface area contributed by atoms with Crippen molar-refractivity contribution in [2.75, 3.05) is 4.90 Å². The summed E-state index contributed by atoms with van der Waals surface area (Å²) in [6, 6.07) is 86.2. The third kappa shape index (κ3) is 6.04. The van der Waals surface area contributed by atoms with E-state index in [2.05, 4.69) is 249 Å². The molecule has 72 heavy (non-hydrogen) atoms. The van der Waals surface area contributed by atoms with Crippen molar-refractivity contribution >= 4 is 93.3 Å². The number of benzene rings is 12. The van der Waals surface area contributed by atoms with Gasteiger partial charge < -0.3 is 13.7 Å². The number of hydrogen-bond donors (Lipinski definition) is 0. The van der Waals surface area contributed by atoms with Crippen LogP contribution in [0.4, 0.5) is 17.1 Å². The van der Waals surface area contributed by atoms with Gasteiger partial charge in [0.05, 0.1) is 0 Å². The van der Waals surface area contributed by atoms with E-state index in [0.717, 1.165) is 83.2 Å². The highest BCUT2D eigenvalue weighted by molar-refractivity contribution is 6.28. The van der Waals surface area contributed by atoms with E-state index in [1.54, 1.807) is 0 Å². The average Bonchev–Trinajstić information content (AvgIpc) is 4.08. The Morgan fingerprint density at radius 3 is 1.50 bits per heavy atom. The van der Waals surface area contributed by atoms with Crippen LogP contribution in [0.5, 0.6) is 0 Å². The first-order valence-corrected chi connectivity index (χ1v) is 24.9. The summed E-state index contributed by atoms with van der Waals surface area (Å²) in [6.45, 7) is 4.71. The molecule has 0 N–H and O–H groups in total. The van der Waals surface area contributed by atoms with Gasteiger partial charge in [-0.3, -0.25) is 0 Å². The fourth-order valence-electron chi connectivity index (χ4n) is 12.2. The molecule has 1 aliphatic carbocycles. The van der Waals surface area contributed by atoms with Gasteiger partial charge in [-0.25, -0.2) is 0 Å². The summed E-state index contributed by atoms with van der Waals surface area (Å²) in [7, 11) is 0. The molecule has 0 aliphatic heterocycles. The second-order valence-electron chi connectivity index (χ2n) is 20.0. The molecule has 3 nitrogen and oxygen atoms in total. The van der Waals surface area contributed by atoms with Crippen LogP contribution in [0.3, 0.4) is 0 Å². The summed E-state index contributed by atoms with van der Waals surface area (Å²) in [5.74, 6) is 0. The van der Waals surface area contributed by atoms with E-state index in [-0.39, 0.29) is 5.41 Å². The second-order valence-corrected chi connectivity index (χ2v) is 20.0. The van der Waals surface area contributed by atoms with Gasteiger partial charge in [-0.05, 0) is 155 Å². The number of furan rings is 2. The largest absolute Gasteiger partial charge is 0.456 e. The maximum Gasteiger partial charge on any atom is 0.143 e. The fraction of sp³-hybridized carbons (Fsp3) is 0.0435. The minimum absolute atomic E-state index is 0.136. The Balaban J connectivity index is 0.924. The Labute approximate surface area is 416 Å². The molecule has 0 radical (unpaired) electrons. The van der Waals surface area contributed by atoms with Gasteiger partial charge in [0.2, 0.25) is 0 Å². The Morgan fingerprint density at radius 2 is 0.792 bits per heavy atom. The maximum absolute atomic E-state index is 7.03. The van der Waals surface area contributed by atoms with Crippen LogP contribution in [0, 0.1) is 0 Å². The van der Waals surface area contributed by atoms with Crippen molar-refractivity contribution in [3.63, 3.8) is 0 Å². The number of para-hydroxylation sites is 1. The van der Waals surface area contributed by atoms with Crippen molar-refractivity contribution < 1.29 is 8.83 Å². The van der Waals surface area contributed by atoms with E-state index in [9.17, 15) is 0 Å². The molecular weight excluding hydrogens is 875 g/mol. The normalized spacial score (nSPS) is 13.0. The molecule has 2 heterocycles. The van der Waals surface area contributed by atoms with E-state index < -0.39 is 0 Å². The monoisotopic (exact) mass is 919 g/mol. The number of hydrogen-bond acceptors (Lipinski definition) is 3. The fourth-order valence-corrected chi connectivity index (χ4v) is 12.2. The summed E-state index contributed by atoms with van der Waals surface area (Å²) in [4.78, 5) is 2.40. The van der Waals surface area contributed by atoms with Crippen LogP contribution in [-0.4, -0.2) is 0 Å². The van der Waals surface area contributed by atoms with Crippen molar-refractivity contribution in [3.05, 3.63) is 248 Å². The second kappa shape index (κ2) is 15.4. The minimum Gasteiger partial charge on any atom is -0.456 e. The van der Waals surface area contributed by atoms with Gasteiger partial charge in [0.1, 0.15) is 22.3 Å². The first kappa shape index (κ1) is 40.7. The standard InChI is InChI=1S/C69H45NO2/c1-69(2)61-22-12-10-20-55(61)56-35-33-49(41-62(56)69)70(47-29-24-43(25-30-47)42-14-4-3-5-15-42)48-31-26-44(27-32-48)46-39-58(45-28-34-54-52-18-7-6-16-50(52)51-17-8-9-19-53(51)59(54)38-45)68-60(40-46)67-65(72-68)37-36-64-66(67)57-21-11-13-23-63(57)71-64/h3-41H,1-2H3. The predicted molar refractivity (Wildman–Crippen MR) is 302 cm³/mol. The molecule has 0 amide bonds. The van der Waals surface area contributed by atoms with Crippen LogP contribution < -0.4 is 4.90 Å². The molecule has 0 unspecified atom stereocenters. The van der Waals surface area contributed by atoms with Gasteiger partial charge >= 0.3 is 0 Å². The quantitative estimate of drug-likeness (QED) is 0.156. The van der Waals surface area contributed by atoms with Gasteiger partial charge in [-0.15, -0.1) is 0 Å². The Bertz CT molecular complexity index is 4480. The molecular formula is C69H45NO2. The molecule has 2 aromatic heterocycles. The first-order valence-electron chi connectivity index (χ1n) is 24.9. The molecule has 15 rings (SSSR count).